The number of carbonyl (C=O) groups excluding carboxylic acids is 1. The second-order valence-electron chi connectivity index (χ2n) is 7.03. The van der Waals surface area contributed by atoms with Crippen molar-refractivity contribution in [2.75, 3.05) is 25.0 Å². The first-order valence-corrected chi connectivity index (χ1v) is 7.90. The molecule has 1 saturated heterocycles. The van der Waals surface area contributed by atoms with E-state index in [1.165, 1.54) is 0 Å². The van der Waals surface area contributed by atoms with Crippen LogP contribution in [-0.2, 0) is 4.74 Å². The van der Waals surface area contributed by atoms with Gasteiger partial charge in [0.15, 0.2) is 0 Å². The molecule has 0 saturated carbocycles. The summed E-state index contributed by atoms with van der Waals surface area (Å²) in [5, 5.41) is 0. The number of hydrogen-bond donors (Lipinski definition) is 0. The van der Waals surface area contributed by atoms with Gasteiger partial charge in [-0.2, -0.15) is 0 Å². The average Bonchev–Trinajstić information content (AvgIpc) is 2.45. The minimum atomic E-state index is -0.460. The Kier molecular flexibility index (Phi) is 4.94. The number of amides is 1. The molecular weight excluding hydrogens is 278 g/mol. The van der Waals surface area contributed by atoms with Gasteiger partial charge in [-0.3, -0.25) is 0 Å². The fourth-order valence-electron chi connectivity index (χ4n) is 2.61. The van der Waals surface area contributed by atoms with Gasteiger partial charge < -0.3 is 14.5 Å². The van der Waals surface area contributed by atoms with Crippen LogP contribution in [0.5, 0.6) is 0 Å². The number of likely N-dealkylation sites (N-methyl/N-ethyl adjacent to an activating group) is 1. The summed E-state index contributed by atoms with van der Waals surface area (Å²) in [6.45, 7) is 9.49. The number of aryl methyl sites for hydroxylation is 1. The lowest BCUT2D eigenvalue weighted by molar-refractivity contribution is 0.0209. The van der Waals surface area contributed by atoms with E-state index in [1.807, 2.05) is 47.0 Å². The van der Waals surface area contributed by atoms with Crippen LogP contribution in [0.25, 0.3) is 0 Å². The highest BCUT2D eigenvalue weighted by Gasteiger charge is 2.29. The fourth-order valence-corrected chi connectivity index (χ4v) is 2.61. The van der Waals surface area contributed by atoms with Gasteiger partial charge in [0.2, 0.25) is 0 Å². The lowest BCUT2D eigenvalue weighted by Gasteiger charge is -2.38. The van der Waals surface area contributed by atoms with E-state index in [-0.39, 0.29) is 12.1 Å². The molecule has 0 N–H and O–H groups in total. The van der Waals surface area contributed by atoms with Crippen LogP contribution in [0.2, 0.25) is 0 Å². The molecule has 2 rings (SSSR count). The summed E-state index contributed by atoms with van der Waals surface area (Å²) in [6, 6.07) is 4.28. The van der Waals surface area contributed by atoms with E-state index in [2.05, 4.69) is 16.0 Å². The Bertz CT molecular complexity index is 508. The van der Waals surface area contributed by atoms with E-state index in [4.69, 9.17) is 4.74 Å². The van der Waals surface area contributed by atoms with Crippen LogP contribution >= 0.6 is 0 Å². The minimum absolute atomic E-state index is 0.159. The molecule has 1 atom stereocenters. The molecule has 0 bridgehead atoms. The summed E-state index contributed by atoms with van der Waals surface area (Å²) in [6.07, 6.45) is 3.68. The third kappa shape index (κ3) is 4.36. The molecule has 1 fully saturated rings. The molecular formula is C17H27N3O2. The normalized spacial score (nSPS) is 19.0. The standard InChI is InChI=1S/C17H27N3O2/c1-13-8-9-15(18-11-13)20-10-6-7-14(12-20)19(5)16(21)22-17(2,3)4/h8-9,11,14H,6-7,10,12H2,1-5H3/t14-/m0/s1. The van der Waals surface area contributed by atoms with Gasteiger partial charge in [-0.25, -0.2) is 9.78 Å². The number of pyridine rings is 1. The third-order valence-electron chi connectivity index (χ3n) is 3.85. The van der Waals surface area contributed by atoms with Gasteiger partial charge in [-0.05, 0) is 52.2 Å². The quantitative estimate of drug-likeness (QED) is 0.841. The van der Waals surface area contributed by atoms with Crippen molar-refractivity contribution >= 4 is 11.9 Å². The van der Waals surface area contributed by atoms with Gasteiger partial charge in [0.25, 0.3) is 0 Å². The van der Waals surface area contributed by atoms with Crippen LogP contribution in [0.3, 0.4) is 0 Å². The van der Waals surface area contributed by atoms with Crippen molar-refractivity contribution in [1.82, 2.24) is 9.88 Å². The number of piperidine rings is 1. The smallest absolute Gasteiger partial charge is 0.410 e. The van der Waals surface area contributed by atoms with Crippen molar-refractivity contribution in [3.63, 3.8) is 0 Å². The fraction of sp³-hybridized carbons (Fsp3) is 0.647. The van der Waals surface area contributed by atoms with Crippen LogP contribution in [0, 0.1) is 6.92 Å². The Labute approximate surface area is 133 Å². The molecule has 5 nitrogen and oxygen atoms in total. The van der Waals surface area contributed by atoms with Crippen LogP contribution < -0.4 is 4.90 Å². The zero-order chi connectivity index (χ0) is 16.3. The largest absolute Gasteiger partial charge is 0.444 e. The molecule has 1 aliphatic rings. The van der Waals surface area contributed by atoms with Crippen LogP contribution in [-0.4, -0.2) is 47.8 Å². The predicted molar refractivity (Wildman–Crippen MR) is 88.2 cm³/mol. The Morgan fingerprint density at radius 1 is 1.41 bits per heavy atom. The zero-order valence-corrected chi connectivity index (χ0v) is 14.3. The van der Waals surface area contributed by atoms with Gasteiger partial charge in [-0.15, -0.1) is 0 Å². The molecule has 1 aromatic rings. The SMILES string of the molecule is Cc1ccc(N2CCC[C@H](N(C)C(=O)OC(C)(C)C)C2)nc1. The first-order chi connectivity index (χ1) is 10.3. The van der Waals surface area contributed by atoms with Crippen molar-refractivity contribution in [3.8, 4) is 0 Å². The second-order valence-corrected chi connectivity index (χ2v) is 7.03. The van der Waals surface area contributed by atoms with E-state index in [1.54, 1.807) is 4.90 Å². The number of aromatic nitrogens is 1. The molecule has 2 heterocycles. The maximum absolute atomic E-state index is 12.2. The Balaban J connectivity index is 2.00. The third-order valence-corrected chi connectivity index (χ3v) is 3.85. The van der Waals surface area contributed by atoms with E-state index >= 15 is 0 Å². The summed E-state index contributed by atoms with van der Waals surface area (Å²) in [5.74, 6) is 0.980. The first-order valence-electron chi connectivity index (χ1n) is 7.90. The van der Waals surface area contributed by atoms with E-state index in [9.17, 15) is 4.79 Å². The van der Waals surface area contributed by atoms with Gasteiger partial charge >= 0.3 is 6.09 Å². The van der Waals surface area contributed by atoms with Crippen LogP contribution in [0.4, 0.5) is 10.6 Å². The molecule has 0 unspecified atom stereocenters. The first kappa shape index (κ1) is 16.6. The zero-order valence-electron chi connectivity index (χ0n) is 14.3. The van der Waals surface area contributed by atoms with Gasteiger partial charge in [0, 0.05) is 26.3 Å². The van der Waals surface area contributed by atoms with Crippen molar-refractivity contribution in [2.45, 2.75) is 52.2 Å². The van der Waals surface area contributed by atoms with E-state index < -0.39 is 5.60 Å². The molecule has 0 radical (unpaired) electrons. The number of carbonyl (C=O) groups is 1. The number of ether oxygens (including phenoxy) is 1. The number of nitrogens with zero attached hydrogens (tertiary/aromatic N) is 3. The van der Waals surface area contributed by atoms with E-state index in [0.29, 0.717) is 0 Å². The van der Waals surface area contributed by atoms with Gasteiger partial charge in [0.05, 0.1) is 6.04 Å². The molecule has 5 heteroatoms. The summed E-state index contributed by atoms with van der Waals surface area (Å²) in [5.41, 5.74) is 0.696. The summed E-state index contributed by atoms with van der Waals surface area (Å²) < 4.78 is 5.46. The van der Waals surface area contributed by atoms with Gasteiger partial charge in [0.1, 0.15) is 11.4 Å². The lowest BCUT2D eigenvalue weighted by atomic mass is 10.0. The lowest BCUT2D eigenvalue weighted by Crippen LogP contribution is -2.50. The van der Waals surface area contributed by atoms with Crippen molar-refractivity contribution < 1.29 is 9.53 Å². The molecule has 1 aromatic heterocycles. The number of hydrogen-bond acceptors (Lipinski definition) is 4. The molecule has 1 aliphatic heterocycles. The highest BCUT2D eigenvalue weighted by atomic mass is 16.6. The van der Waals surface area contributed by atoms with Crippen LogP contribution in [0.1, 0.15) is 39.2 Å². The summed E-state index contributed by atoms with van der Waals surface area (Å²) in [4.78, 5) is 20.7. The van der Waals surface area contributed by atoms with Crippen LogP contribution in [0.15, 0.2) is 18.3 Å². The topological polar surface area (TPSA) is 45.7 Å². The Hall–Kier alpha value is -1.78. The maximum atomic E-state index is 12.2. The highest BCUT2D eigenvalue weighted by Crippen LogP contribution is 2.21. The number of rotatable bonds is 2. The van der Waals surface area contributed by atoms with Crippen molar-refractivity contribution in [2.24, 2.45) is 0 Å². The summed E-state index contributed by atoms with van der Waals surface area (Å²) in [7, 11) is 1.82. The summed E-state index contributed by atoms with van der Waals surface area (Å²) >= 11 is 0. The Morgan fingerprint density at radius 3 is 2.73 bits per heavy atom. The Morgan fingerprint density at radius 2 is 2.14 bits per heavy atom. The highest BCUT2D eigenvalue weighted by molar-refractivity contribution is 5.68. The molecule has 0 aliphatic carbocycles. The van der Waals surface area contributed by atoms with Gasteiger partial charge in [-0.1, -0.05) is 6.07 Å². The van der Waals surface area contributed by atoms with Crippen molar-refractivity contribution in [1.29, 1.82) is 0 Å². The molecule has 122 valence electrons. The van der Waals surface area contributed by atoms with Crippen molar-refractivity contribution in [3.05, 3.63) is 23.9 Å². The predicted octanol–water partition coefficient (Wildman–Crippen LogP) is 3.23. The molecule has 1 amide bonds. The molecule has 22 heavy (non-hydrogen) atoms. The average molecular weight is 305 g/mol. The second kappa shape index (κ2) is 6.55. The van der Waals surface area contributed by atoms with E-state index in [0.717, 1.165) is 37.3 Å². The monoisotopic (exact) mass is 305 g/mol. The molecule has 0 spiro atoms. The maximum Gasteiger partial charge on any atom is 0.410 e. The minimum Gasteiger partial charge on any atom is -0.444 e. The molecule has 0 aromatic carbocycles. The number of anilines is 1.